The van der Waals surface area contributed by atoms with Crippen LogP contribution in [0.1, 0.15) is 13.3 Å². The lowest BCUT2D eigenvalue weighted by Gasteiger charge is -2.07. The molecule has 2 nitrogen and oxygen atoms in total. The highest BCUT2D eigenvalue weighted by atomic mass is 31.0. The molecule has 0 fully saturated rings. The summed E-state index contributed by atoms with van der Waals surface area (Å²) in [4.78, 5) is 8.02. The minimum absolute atomic E-state index is 0.431. The van der Waals surface area contributed by atoms with Gasteiger partial charge in [0.15, 0.2) is 0 Å². The van der Waals surface area contributed by atoms with E-state index in [9.17, 15) is 0 Å². The Balaban J connectivity index is 2.59. The second-order valence-corrected chi connectivity index (χ2v) is 2.60. The molecule has 0 saturated carbocycles. The third-order valence-corrected chi connectivity index (χ3v) is 1.43. The van der Waals surface area contributed by atoms with Crippen molar-refractivity contribution in [1.29, 1.82) is 0 Å². The van der Waals surface area contributed by atoms with Crippen molar-refractivity contribution in [3.63, 3.8) is 0 Å². The number of hydrogen-bond donors (Lipinski definition) is 0. The molecule has 8 heavy (non-hydrogen) atoms. The van der Waals surface area contributed by atoms with Crippen LogP contribution in [0.25, 0.3) is 0 Å². The summed E-state index contributed by atoms with van der Waals surface area (Å²) >= 11 is 0. The van der Waals surface area contributed by atoms with Gasteiger partial charge in [0.2, 0.25) is 0 Å². The summed E-state index contributed by atoms with van der Waals surface area (Å²) in [5, 5.41) is 0. The van der Waals surface area contributed by atoms with Crippen LogP contribution >= 0.6 is 9.24 Å². The minimum atomic E-state index is 0.431. The molecular formula is C5H9N2P. The maximum Gasteiger partial charge on any atom is 0.110 e. The highest BCUT2D eigenvalue weighted by molar-refractivity contribution is 7.40. The average Bonchev–Trinajstić information content (AvgIpc) is 1.64. The first-order valence-electron chi connectivity index (χ1n) is 2.63. The molecule has 1 aliphatic rings. The molecule has 1 unspecified atom stereocenters. The van der Waals surface area contributed by atoms with Crippen molar-refractivity contribution in [3.05, 3.63) is 0 Å². The van der Waals surface area contributed by atoms with Gasteiger partial charge in [0.05, 0.1) is 6.04 Å². The molecule has 0 bridgehead atoms. The van der Waals surface area contributed by atoms with Gasteiger partial charge in [-0.15, -0.1) is 0 Å². The summed E-state index contributed by atoms with van der Waals surface area (Å²) in [6.45, 7) is 2.08. The molecule has 0 aromatic heterocycles. The van der Waals surface area contributed by atoms with Crippen molar-refractivity contribution in [2.75, 3.05) is 0 Å². The second kappa shape index (κ2) is 2.36. The molecule has 2 atom stereocenters. The topological polar surface area (TPSA) is 24.7 Å². The minimum Gasteiger partial charge on any atom is -0.270 e. The molecule has 0 saturated heterocycles. The van der Waals surface area contributed by atoms with E-state index in [1.54, 1.807) is 6.34 Å². The van der Waals surface area contributed by atoms with Crippen LogP contribution in [0.2, 0.25) is 0 Å². The summed E-state index contributed by atoms with van der Waals surface area (Å²) in [6, 6.07) is 0.431. The van der Waals surface area contributed by atoms with Gasteiger partial charge in [-0.25, -0.2) is 4.99 Å². The van der Waals surface area contributed by atoms with Crippen molar-refractivity contribution in [3.8, 4) is 0 Å². The summed E-state index contributed by atoms with van der Waals surface area (Å²) in [5.41, 5.74) is 1.10. The molecule has 1 heterocycles. The van der Waals surface area contributed by atoms with E-state index >= 15 is 0 Å². The highest BCUT2D eigenvalue weighted by Crippen LogP contribution is 2.07. The third kappa shape index (κ3) is 1.38. The maximum atomic E-state index is 4.05. The first-order chi connectivity index (χ1) is 3.79. The van der Waals surface area contributed by atoms with Crippen molar-refractivity contribution >= 4 is 21.0 Å². The quantitative estimate of drug-likeness (QED) is 0.436. The van der Waals surface area contributed by atoms with E-state index in [1.807, 2.05) is 0 Å². The average molecular weight is 128 g/mol. The summed E-state index contributed by atoms with van der Waals surface area (Å²) in [7, 11) is 2.59. The van der Waals surface area contributed by atoms with Crippen molar-refractivity contribution in [1.82, 2.24) is 0 Å². The normalized spacial score (nSPS) is 27.8. The van der Waals surface area contributed by atoms with Crippen LogP contribution in [0.4, 0.5) is 0 Å². The van der Waals surface area contributed by atoms with Crippen LogP contribution in [0.5, 0.6) is 0 Å². The molecule has 0 aliphatic carbocycles. The van der Waals surface area contributed by atoms with Crippen molar-refractivity contribution in [2.24, 2.45) is 9.98 Å². The molecule has 1 rings (SSSR count). The van der Waals surface area contributed by atoms with Gasteiger partial charge in [-0.3, -0.25) is 4.99 Å². The van der Waals surface area contributed by atoms with E-state index in [-0.39, 0.29) is 0 Å². The lowest BCUT2D eigenvalue weighted by molar-refractivity contribution is 0.781. The Hall–Kier alpha value is -0.230. The number of rotatable bonds is 0. The molecule has 0 aromatic carbocycles. The van der Waals surface area contributed by atoms with Gasteiger partial charge in [0.25, 0.3) is 0 Å². The number of hydrogen-bond acceptors (Lipinski definition) is 2. The van der Waals surface area contributed by atoms with Gasteiger partial charge in [-0.05, 0) is 6.92 Å². The van der Waals surface area contributed by atoms with Crippen LogP contribution in [-0.4, -0.2) is 17.8 Å². The van der Waals surface area contributed by atoms with Gasteiger partial charge >= 0.3 is 0 Å². The Kier molecular flexibility index (Phi) is 1.74. The third-order valence-electron chi connectivity index (χ3n) is 1.05. The van der Waals surface area contributed by atoms with Gasteiger partial charge in [-0.2, -0.15) is 0 Å². The van der Waals surface area contributed by atoms with E-state index in [1.165, 1.54) is 0 Å². The fourth-order valence-electron chi connectivity index (χ4n) is 0.629. The van der Waals surface area contributed by atoms with Gasteiger partial charge in [0.1, 0.15) is 6.34 Å². The first-order valence-corrected chi connectivity index (χ1v) is 3.20. The van der Waals surface area contributed by atoms with Crippen LogP contribution in [0.15, 0.2) is 9.98 Å². The van der Waals surface area contributed by atoms with Crippen molar-refractivity contribution in [2.45, 2.75) is 19.4 Å². The van der Waals surface area contributed by atoms with E-state index in [0.29, 0.717) is 6.04 Å². The molecule has 0 N–H and O–H groups in total. The van der Waals surface area contributed by atoms with E-state index in [4.69, 9.17) is 0 Å². The van der Waals surface area contributed by atoms with E-state index in [0.717, 1.165) is 11.9 Å². The van der Waals surface area contributed by atoms with Crippen LogP contribution in [0, 0.1) is 0 Å². The zero-order valence-corrected chi connectivity index (χ0v) is 5.99. The number of aliphatic imine (C=N–C) groups is 2. The molecule has 3 heteroatoms. The molecule has 0 radical (unpaired) electrons. The molecule has 0 amide bonds. The Labute approximate surface area is 51.3 Å². The highest BCUT2D eigenvalue weighted by Gasteiger charge is 2.02. The number of nitrogens with zero attached hydrogens (tertiary/aromatic N) is 2. The zero-order chi connectivity index (χ0) is 5.98. The van der Waals surface area contributed by atoms with Crippen LogP contribution < -0.4 is 0 Å². The smallest absolute Gasteiger partial charge is 0.110 e. The Morgan fingerprint density at radius 3 is 3.00 bits per heavy atom. The molecule has 0 aromatic rings. The summed E-state index contributed by atoms with van der Waals surface area (Å²) in [6.07, 6.45) is 2.61. The maximum absolute atomic E-state index is 4.05. The first kappa shape index (κ1) is 5.90. The Morgan fingerprint density at radius 2 is 2.62 bits per heavy atom. The monoisotopic (exact) mass is 128 g/mol. The predicted molar refractivity (Wildman–Crippen MR) is 39.7 cm³/mol. The standard InChI is InChI=1S/C5H9N2P/c1-4-2-5(8)7-3-6-4/h3-4H,2,8H2,1H3/t4-/m0/s1. The molecule has 0 spiro atoms. The lowest BCUT2D eigenvalue weighted by Crippen LogP contribution is -2.07. The SMILES string of the molecule is C[C@H]1CC(P)=NC=N1. The van der Waals surface area contributed by atoms with E-state index in [2.05, 4.69) is 26.1 Å². The fourth-order valence-corrected chi connectivity index (χ4v) is 1.04. The van der Waals surface area contributed by atoms with Crippen LogP contribution in [0.3, 0.4) is 0 Å². The van der Waals surface area contributed by atoms with Crippen LogP contribution in [-0.2, 0) is 0 Å². The second-order valence-electron chi connectivity index (χ2n) is 1.94. The summed E-state index contributed by atoms with van der Waals surface area (Å²) in [5.74, 6) is 0. The van der Waals surface area contributed by atoms with Gasteiger partial charge in [-0.1, -0.05) is 9.24 Å². The fraction of sp³-hybridized carbons (Fsp3) is 0.600. The predicted octanol–water partition coefficient (Wildman–Crippen LogP) is 1.08. The van der Waals surface area contributed by atoms with Crippen molar-refractivity contribution < 1.29 is 0 Å². The van der Waals surface area contributed by atoms with Gasteiger partial charge in [0, 0.05) is 11.9 Å². The van der Waals surface area contributed by atoms with E-state index < -0.39 is 0 Å². The largest absolute Gasteiger partial charge is 0.270 e. The zero-order valence-electron chi connectivity index (χ0n) is 4.83. The molecular weight excluding hydrogens is 119 g/mol. The lowest BCUT2D eigenvalue weighted by atomic mass is 10.2. The Bertz CT molecular complexity index is 139. The Morgan fingerprint density at radius 1 is 1.88 bits per heavy atom. The summed E-state index contributed by atoms with van der Waals surface area (Å²) < 4.78 is 0. The molecule has 44 valence electrons. The van der Waals surface area contributed by atoms with Gasteiger partial charge < -0.3 is 0 Å². The molecule has 1 aliphatic heterocycles.